The van der Waals surface area contributed by atoms with Gasteiger partial charge in [-0.15, -0.1) is 11.3 Å². The summed E-state index contributed by atoms with van der Waals surface area (Å²) in [6.07, 6.45) is 1.14. The van der Waals surface area contributed by atoms with Gasteiger partial charge in [-0.25, -0.2) is 9.37 Å². The molecule has 0 fully saturated rings. The van der Waals surface area contributed by atoms with Crippen molar-refractivity contribution in [1.29, 1.82) is 0 Å². The minimum atomic E-state index is -0.279. The summed E-state index contributed by atoms with van der Waals surface area (Å²) in [6, 6.07) is 7.86. The second-order valence-corrected chi connectivity index (χ2v) is 7.14. The van der Waals surface area contributed by atoms with E-state index in [-0.39, 0.29) is 17.6 Å². The summed E-state index contributed by atoms with van der Waals surface area (Å²) in [5.74, 6) is -0.779. The van der Waals surface area contributed by atoms with E-state index in [4.69, 9.17) is 0 Å². The lowest BCUT2D eigenvalue weighted by Crippen LogP contribution is -2.27. The summed E-state index contributed by atoms with van der Waals surface area (Å²) in [5.41, 5.74) is 2.47. The lowest BCUT2D eigenvalue weighted by molar-refractivity contribution is 0.0940. The summed E-state index contributed by atoms with van der Waals surface area (Å²) in [6.45, 7) is 2.67. The minimum absolute atomic E-state index is 0.249. The van der Waals surface area contributed by atoms with E-state index < -0.39 is 0 Å². The van der Waals surface area contributed by atoms with Crippen LogP contribution in [-0.4, -0.2) is 40.1 Å². The summed E-state index contributed by atoms with van der Waals surface area (Å²) >= 11 is 1.37. The largest absolute Gasteiger partial charge is 0.350 e. The van der Waals surface area contributed by atoms with Gasteiger partial charge in [0.1, 0.15) is 17.2 Å². The second-order valence-electron chi connectivity index (χ2n) is 6.20. The van der Waals surface area contributed by atoms with Gasteiger partial charge in [-0.3, -0.25) is 14.7 Å². The predicted octanol–water partition coefficient (Wildman–Crippen LogP) is 2.26. The summed E-state index contributed by atoms with van der Waals surface area (Å²) in [5, 5.41) is 14.7. The van der Waals surface area contributed by atoms with Crippen LogP contribution < -0.4 is 10.6 Å². The molecule has 0 unspecified atom stereocenters. The number of carbonyl (C=O) groups excluding carboxylic acids is 2. The number of thiazole rings is 1. The van der Waals surface area contributed by atoms with Crippen molar-refractivity contribution in [3.05, 3.63) is 69.2 Å². The first-order valence-electron chi connectivity index (χ1n) is 8.78. The number of H-pyrrole nitrogens is 1. The van der Waals surface area contributed by atoms with Crippen molar-refractivity contribution in [2.24, 2.45) is 0 Å². The van der Waals surface area contributed by atoms with Crippen LogP contribution in [0.5, 0.6) is 0 Å². The Hall–Kier alpha value is -3.07. The minimum Gasteiger partial charge on any atom is -0.350 e. The van der Waals surface area contributed by atoms with Crippen LogP contribution in [0, 0.1) is 12.7 Å². The van der Waals surface area contributed by atoms with Crippen LogP contribution >= 0.6 is 11.3 Å². The van der Waals surface area contributed by atoms with Crippen LogP contribution in [0.4, 0.5) is 4.39 Å². The van der Waals surface area contributed by atoms with Crippen molar-refractivity contribution in [2.45, 2.75) is 19.8 Å². The van der Waals surface area contributed by atoms with Crippen LogP contribution in [0.3, 0.4) is 0 Å². The first-order valence-corrected chi connectivity index (χ1v) is 9.66. The van der Waals surface area contributed by atoms with E-state index in [1.165, 1.54) is 23.5 Å². The van der Waals surface area contributed by atoms with Gasteiger partial charge in [0.05, 0.1) is 5.01 Å². The molecule has 3 N–H and O–H groups in total. The van der Waals surface area contributed by atoms with E-state index in [0.717, 1.165) is 16.3 Å². The average Bonchev–Trinajstić information content (AvgIpc) is 3.32. The number of aromatic nitrogens is 3. The molecular formula is C19H20FN5O2S. The number of nitrogens with one attached hydrogen (secondary N) is 3. The van der Waals surface area contributed by atoms with Crippen LogP contribution in [-0.2, 0) is 12.8 Å². The molecule has 2 heterocycles. The molecule has 28 heavy (non-hydrogen) atoms. The van der Waals surface area contributed by atoms with Crippen molar-refractivity contribution >= 4 is 23.2 Å². The number of hydrogen-bond donors (Lipinski definition) is 3. The van der Waals surface area contributed by atoms with Gasteiger partial charge in [-0.1, -0.05) is 12.1 Å². The molecule has 0 spiro atoms. The van der Waals surface area contributed by atoms with Gasteiger partial charge in [0.2, 0.25) is 0 Å². The Morgan fingerprint density at radius 1 is 1.07 bits per heavy atom. The maximum atomic E-state index is 12.9. The molecule has 7 nitrogen and oxygen atoms in total. The Morgan fingerprint density at radius 2 is 1.75 bits per heavy atom. The van der Waals surface area contributed by atoms with Gasteiger partial charge in [-0.2, -0.15) is 5.10 Å². The maximum Gasteiger partial charge on any atom is 0.271 e. The van der Waals surface area contributed by atoms with Crippen molar-refractivity contribution in [1.82, 2.24) is 25.8 Å². The van der Waals surface area contributed by atoms with Crippen molar-refractivity contribution in [3.8, 4) is 0 Å². The number of hydrogen-bond acceptors (Lipinski definition) is 5. The number of rotatable bonds is 8. The molecule has 3 aromatic rings. The average molecular weight is 401 g/mol. The van der Waals surface area contributed by atoms with Crippen LogP contribution in [0.2, 0.25) is 0 Å². The van der Waals surface area contributed by atoms with E-state index in [1.54, 1.807) is 23.6 Å². The predicted molar refractivity (Wildman–Crippen MR) is 104 cm³/mol. The number of nitrogens with zero attached hydrogens (tertiary/aromatic N) is 2. The van der Waals surface area contributed by atoms with Gasteiger partial charge < -0.3 is 10.6 Å². The number of aryl methyl sites for hydroxylation is 1. The second kappa shape index (κ2) is 9.23. The molecule has 1 aromatic carbocycles. The molecule has 9 heteroatoms. The first-order chi connectivity index (χ1) is 13.5. The molecule has 0 radical (unpaired) electrons. The van der Waals surface area contributed by atoms with Crippen molar-refractivity contribution in [2.75, 3.05) is 13.1 Å². The zero-order valence-corrected chi connectivity index (χ0v) is 16.1. The number of amides is 2. The Balaban J connectivity index is 1.40. The van der Waals surface area contributed by atoms with Crippen LogP contribution in [0.15, 0.2) is 35.7 Å². The Bertz CT molecular complexity index is 951. The molecule has 0 saturated carbocycles. The van der Waals surface area contributed by atoms with E-state index in [1.807, 2.05) is 6.92 Å². The molecule has 0 aliphatic heterocycles. The summed E-state index contributed by atoms with van der Waals surface area (Å²) < 4.78 is 12.9. The maximum absolute atomic E-state index is 12.9. The molecule has 2 amide bonds. The summed E-state index contributed by atoms with van der Waals surface area (Å²) in [7, 11) is 0. The smallest absolute Gasteiger partial charge is 0.271 e. The van der Waals surface area contributed by atoms with Crippen LogP contribution in [0.1, 0.15) is 37.2 Å². The molecule has 0 atom stereocenters. The molecule has 2 aromatic heterocycles. The Kier molecular flexibility index (Phi) is 6.49. The fourth-order valence-electron chi connectivity index (χ4n) is 2.50. The van der Waals surface area contributed by atoms with Gasteiger partial charge in [-0.05, 0) is 37.1 Å². The molecule has 3 rings (SSSR count). The third kappa shape index (κ3) is 5.46. The van der Waals surface area contributed by atoms with Gasteiger partial charge in [0.15, 0.2) is 0 Å². The SMILES string of the molecule is Cc1cc(C(=O)NCCc2nc(C(=O)NCCc3ccc(F)cc3)cs2)n[nH]1. The lowest BCUT2D eigenvalue weighted by Gasteiger charge is -2.03. The topological polar surface area (TPSA) is 99.8 Å². The number of carbonyl (C=O) groups is 2. The zero-order valence-electron chi connectivity index (χ0n) is 15.3. The number of aromatic amines is 1. The normalized spacial score (nSPS) is 10.6. The lowest BCUT2D eigenvalue weighted by atomic mass is 10.1. The molecule has 0 saturated heterocycles. The highest BCUT2D eigenvalue weighted by atomic mass is 32.1. The number of benzene rings is 1. The highest BCUT2D eigenvalue weighted by molar-refractivity contribution is 7.09. The first kappa shape index (κ1) is 19.7. The highest BCUT2D eigenvalue weighted by Crippen LogP contribution is 2.10. The summed E-state index contributed by atoms with van der Waals surface area (Å²) in [4.78, 5) is 28.4. The third-order valence-electron chi connectivity index (χ3n) is 3.96. The van der Waals surface area contributed by atoms with E-state index in [0.29, 0.717) is 37.3 Å². The van der Waals surface area contributed by atoms with Crippen molar-refractivity contribution < 1.29 is 14.0 Å². The third-order valence-corrected chi connectivity index (χ3v) is 4.87. The van der Waals surface area contributed by atoms with Crippen molar-refractivity contribution in [3.63, 3.8) is 0 Å². The monoisotopic (exact) mass is 401 g/mol. The van der Waals surface area contributed by atoms with E-state index >= 15 is 0 Å². The van der Waals surface area contributed by atoms with Gasteiger partial charge in [0, 0.05) is 30.6 Å². The molecule has 0 aliphatic carbocycles. The fourth-order valence-corrected chi connectivity index (χ4v) is 3.28. The Morgan fingerprint density at radius 3 is 2.43 bits per heavy atom. The van der Waals surface area contributed by atoms with Gasteiger partial charge >= 0.3 is 0 Å². The quantitative estimate of drug-likeness (QED) is 0.539. The van der Waals surface area contributed by atoms with Gasteiger partial charge in [0.25, 0.3) is 11.8 Å². The Labute approximate surface area is 165 Å². The van der Waals surface area contributed by atoms with E-state index in [2.05, 4.69) is 25.8 Å². The number of halogens is 1. The fraction of sp³-hybridized carbons (Fsp3) is 0.263. The van der Waals surface area contributed by atoms with E-state index in [9.17, 15) is 14.0 Å². The highest BCUT2D eigenvalue weighted by Gasteiger charge is 2.12. The van der Waals surface area contributed by atoms with Crippen LogP contribution in [0.25, 0.3) is 0 Å². The molecule has 0 aliphatic rings. The zero-order chi connectivity index (χ0) is 19.9. The standard InChI is InChI=1S/C19H20FN5O2S/c1-12-10-15(25-24-12)18(26)22-9-7-17-23-16(11-28-17)19(27)21-8-6-13-2-4-14(20)5-3-13/h2-5,10-11H,6-9H2,1H3,(H,21,27)(H,22,26)(H,24,25). The molecule has 146 valence electrons. The molecular weight excluding hydrogens is 381 g/mol. The molecule has 0 bridgehead atoms.